The van der Waals surface area contributed by atoms with Crippen LogP contribution < -0.4 is 5.43 Å². The Bertz CT molecular complexity index is 408. The van der Waals surface area contributed by atoms with E-state index in [9.17, 15) is 13.2 Å². The molecule has 1 aliphatic heterocycles. The van der Waals surface area contributed by atoms with E-state index in [-0.39, 0.29) is 5.76 Å². The van der Waals surface area contributed by atoms with Crippen molar-refractivity contribution in [2.75, 3.05) is 19.9 Å². The highest BCUT2D eigenvalue weighted by Crippen LogP contribution is 2.24. The molecule has 9 heteroatoms. The van der Waals surface area contributed by atoms with Crippen molar-refractivity contribution in [3.63, 3.8) is 0 Å². The summed E-state index contributed by atoms with van der Waals surface area (Å²) in [5.74, 6) is 0.102. The van der Waals surface area contributed by atoms with Crippen LogP contribution in [0.15, 0.2) is 22.6 Å². The van der Waals surface area contributed by atoms with Crippen molar-refractivity contribution in [2.24, 2.45) is 0 Å². The molecule has 0 unspecified atom stereocenters. The largest absolute Gasteiger partial charge is 0.481 e. The van der Waals surface area contributed by atoms with Gasteiger partial charge in [-0.3, -0.25) is 5.01 Å². The van der Waals surface area contributed by atoms with Crippen molar-refractivity contribution in [1.29, 1.82) is 0 Å². The van der Waals surface area contributed by atoms with E-state index < -0.39 is 20.9 Å². The number of rotatable bonds is 7. The van der Waals surface area contributed by atoms with E-state index in [1.54, 1.807) is 11.2 Å². The monoisotopic (exact) mass is 388 g/mol. The number of nitrogens with one attached hydrogen (secondary N) is 1. The predicted molar refractivity (Wildman–Crippen MR) is 81.0 cm³/mol. The van der Waals surface area contributed by atoms with Gasteiger partial charge in [0.1, 0.15) is 6.73 Å². The van der Waals surface area contributed by atoms with Crippen molar-refractivity contribution < 1.29 is 22.6 Å². The zero-order valence-corrected chi connectivity index (χ0v) is 14.8. The molecular weight excluding hydrogens is 369 g/mol. The first-order valence-electron chi connectivity index (χ1n) is 6.45. The topological polar surface area (TPSA) is 33.7 Å². The number of hydrogen-bond acceptors (Lipinski definition) is 4. The van der Waals surface area contributed by atoms with Crippen molar-refractivity contribution in [2.45, 2.75) is 31.9 Å². The minimum Gasteiger partial charge on any atom is -0.481 e. The van der Waals surface area contributed by atoms with Crippen LogP contribution in [-0.4, -0.2) is 39.2 Å². The van der Waals surface area contributed by atoms with Gasteiger partial charge >= 0.3 is 6.18 Å². The Balaban J connectivity index is 2.33. The maximum Gasteiger partial charge on any atom is 0.422 e. The predicted octanol–water partition coefficient (Wildman–Crippen LogP) is 3.78. The molecule has 0 aliphatic carbocycles. The third-order valence-electron chi connectivity index (χ3n) is 2.48. The molecule has 0 aromatic heterocycles. The van der Waals surface area contributed by atoms with E-state index in [2.05, 4.69) is 45.7 Å². The second-order valence-corrected chi connectivity index (χ2v) is 12.3. The second-order valence-electron chi connectivity index (χ2n) is 5.84. The van der Waals surface area contributed by atoms with E-state index >= 15 is 0 Å². The summed E-state index contributed by atoms with van der Waals surface area (Å²) in [6, 6.07) is 1.06. The van der Waals surface area contributed by atoms with Crippen LogP contribution in [0.25, 0.3) is 0 Å². The van der Waals surface area contributed by atoms with Gasteiger partial charge in [-0.05, 0) is 22.0 Å². The molecule has 1 N–H and O–H groups in total. The minimum absolute atomic E-state index is 0.102. The van der Waals surface area contributed by atoms with Gasteiger partial charge in [0.25, 0.3) is 0 Å². The van der Waals surface area contributed by atoms with Gasteiger partial charge in [-0.15, -0.1) is 0 Å². The number of halogens is 4. The fourth-order valence-electron chi connectivity index (χ4n) is 1.33. The normalized spacial score (nSPS) is 16.2. The summed E-state index contributed by atoms with van der Waals surface area (Å²) >= 11 is 3.17. The molecule has 0 radical (unpaired) electrons. The molecule has 0 saturated heterocycles. The molecule has 0 spiro atoms. The zero-order valence-electron chi connectivity index (χ0n) is 12.3. The van der Waals surface area contributed by atoms with E-state index in [4.69, 9.17) is 4.74 Å². The standard InChI is InChI=1S/C12H20BrF3N2O2Si/c1-21(2,3)5-4-19-9-18-7-10(13)11(6-17-18)20-8-12(14,15)16/h6-7,17H,4-5,8-9H2,1-3H3. The summed E-state index contributed by atoms with van der Waals surface area (Å²) in [5.41, 5.74) is 2.79. The van der Waals surface area contributed by atoms with Crippen LogP contribution in [0.3, 0.4) is 0 Å². The van der Waals surface area contributed by atoms with E-state index in [0.717, 1.165) is 6.04 Å². The molecule has 122 valence electrons. The summed E-state index contributed by atoms with van der Waals surface area (Å²) in [5, 5.41) is 1.62. The number of alkyl halides is 3. The molecule has 0 atom stereocenters. The summed E-state index contributed by atoms with van der Waals surface area (Å²) in [7, 11) is -1.12. The van der Waals surface area contributed by atoms with Crippen LogP contribution in [0.2, 0.25) is 25.7 Å². The van der Waals surface area contributed by atoms with Gasteiger partial charge in [0.15, 0.2) is 12.4 Å². The average Bonchev–Trinajstić information content (AvgIpc) is 2.31. The molecule has 21 heavy (non-hydrogen) atoms. The first-order chi connectivity index (χ1) is 9.57. The number of ether oxygens (including phenoxy) is 2. The molecule has 0 amide bonds. The SMILES string of the molecule is C[Si](C)(C)CCOCN1C=C(Br)C(OCC(F)(F)F)=CN1. The summed E-state index contributed by atoms with van der Waals surface area (Å²) in [6.45, 7) is 6.44. The van der Waals surface area contributed by atoms with Gasteiger partial charge in [-0.2, -0.15) is 13.2 Å². The quantitative estimate of drug-likeness (QED) is 0.531. The van der Waals surface area contributed by atoms with Gasteiger partial charge in [0.05, 0.1) is 10.7 Å². The number of hydrazine groups is 1. The van der Waals surface area contributed by atoms with Gasteiger partial charge < -0.3 is 14.9 Å². The first-order valence-corrected chi connectivity index (χ1v) is 10.9. The Morgan fingerprint density at radius 1 is 1.33 bits per heavy atom. The number of allylic oxidation sites excluding steroid dienone is 1. The molecule has 0 fully saturated rings. The fraction of sp³-hybridized carbons (Fsp3) is 0.667. The van der Waals surface area contributed by atoms with Crippen molar-refractivity contribution in [1.82, 2.24) is 10.4 Å². The molecule has 4 nitrogen and oxygen atoms in total. The lowest BCUT2D eigenvalue weighted by Crippen LogP contribution is -2.35. The third kappa shape index (κ3) is 8.37. The van der Waals surface area contributed by atoms with Crippen LogP contribution in [0.5, 0.6) is 0 Å². The Hall–Kier alpha value is -0.673. The third-order valence-corrected chi connectivity index (χ3v) is 4.78. The number of hydrogen-bond donors (Lipinski definition) is 1. The van der Waals surface area contributed by atoms with Crippen LogP contribution in [-0.2, 0) is 9.47 Å². The Morgan fingerprint density at radius 3 is 2.52 bits per heavy atom. The van der Waals surface area contributed by atoms with Gasteiger partial charge in [-0.1, -0.05) is 19.6 Å². The lowest BCUT2D eigenvalue weighted by Gasteiger charge is -2.26. The smallest absolute Gasteiger partial charge is 0.422 e. The molecule has 0 saturated carbocycles. The van der Waals surface area contributed by atoms with Crippen molar-refractivity contribution in [3.8, 4) is 0 Å². The highest BCUT2D eigenvalue weighted by Gasteiger charge is 2.29. The highest BCUT2D eigenvalue weighted by atomic mass is 79.9. The van der Waals surface area contributed by atoms with Crippen molar-refractivity contribution >= 4 is 24.0 Å². The molecule has 1 heterocycles. The summed E-state index contributed by atoms with van der Waals surface area (Å²) in [4.78, 5) is 0. The van der Waals surface area contributed by atoms with E-state index in [1.165, 1.54) is 6.20 Å². The Morgan fingerprint density at radius 2 is 2.00 bits per heavy atom. The van der Waals surface area contributed by atoms with Crippen LogP contribution in [0.1, 0.15) is 0 Å². The van der Waals surface area contributed by atoms with Gasteiger partial charge in [0, 0.05) is 20.9 Å². The first kappa shape index (κ1) is 18.4. The fourth-order valence-corrected chi connectivity index (χ4v) is 2.57. The number of nitrogens with zero attached hydrogens (tertiary/aromatic N) is 1. The lowest BCUT2D eigenvalue weighted by molar-refractivity contribution is -0.164. The van der Waals surface area contributed by atoms with Crippen LogP contribution in [0.4, 0.5) is 13.2 Å². The maximum absolute atomic E-state index is 12.1. The molecule has 0 bridgehead atoms. The van der Waals surface area contributed by atoms with E-state index in [1.807, 2.05) is 0 Å². The lowest BCUT2D eigenvalue weighted by atomic mass is 10.4. The van der Waals surface area contributed by atoms with Crippen molar-refractivity contribution in [3.05, 3.63) is 22.6 Å². The van der Waals surface area contributed by atoms with Crippen LogP contribution in [0, 0.1) is 0 Å². The molecule has 0 aromatic rings. The maximum atomic E-state index is 12.1. The Labute approximate surface area is 132 Å². The molecular formula is C12H20BrF3N2O2Si. The van der Waals surface area contributed by atoms with Crippen LogP contribution >= 0.6 is 15.9 Å². The summed E-state index contributed by atoms with van der Waals surface area (Å²) in [6.07, 6.45) is -1.41. The summed E-state index contributed by atoms with van der Waals surface area (Å²) < 4.78 is 46.9. The zero-order chi connectivity index (χ0) is 16.1. The Kier molecular flexibility index (Phi) is 6.60. The molecule has 0 aromatic carbocycles. The van der Waals surface area contributed by atoms with E-state index in [0.29, 0.717) is 17.8 Å². The molecule has 1 aliphatic rings. The highest BCUT2D eigenvalue weighted by molar-refractivity contribution is 9.11. The minimum atomic E-state index is -4.36. The van der Waals surface area contributed by atoms with Gasteiger partial charge in [-0.25, -0.2) is 0 Å². The average molecular weight is 389 g/mol. The molecule has 1 rings (SSSR count). The van der Waals surface area contributed by atoms with Gasteiger partial charge in [0.2, 0.25) is 0 Å². The second kappa shape index (κ2) is 7.55.